The fourth-order valence-corrected chi connectivity index (χ4v) is 8.24. The minimum atomic E-state index is 0.588. The zero-order chi connectivity index (χ0) is 39.1. The molecule has 59 heavy (non-hydrogen) atoms. The van der Waals surface area contributed by atoms with E-state index in [1.165, 1.54) is 22.3 Å². The van der Waals surface area contributed by atoms with Gasteiger partial charge in [-0.1, -0.05) is 152 Å². The number of furan rings is 1. The van der Waals surface area contributed by atoms with Gasteiger partial charge >= 0.3 is 0 Å². The third-order valence-electron chi connectivity index (χ3n) is 11.1. The van der Waals surface area contributed by atoms with Crippen LogP contribution in [0.2, 0.25) is 0 Å². The number of rotatable bonds is 8. The number of hydrogen-bond donors (Lipinski definition) is 0. The van der Waals surface area contributed by atoms with Crippen molar-refractivity contribution in [3.8, 4) is 56.0 Å². The zero-order valence-electron chi connectivity index (χ0n) is 32.0. The summed E-state index contributed by atoms with van der Waals surface area (Å²) in [5.74, 6) is 0.588. The topological polar surface area (TPSA) is 42.4 Å². The van der Waals surface area contributed by atoms with Gasteiger partial charge in [-0.3, -0.25) is 0 Å². The maximum atomic E-state index is 6.54. The number of benzene rings is 9. The molecule has 0 amide bonds. The molecule has 2 heterocycles. The minimum absolute atomic E-state index is 0.588. The highest BCUT2D eigenvalue weighted by Crippen LogP contribution is 2.44. The number of fused-ring (bicyclic) bond motifs is 5. The van der Waals surface area contributed by atoms with Crippen LogP contribution in [0.4, 0.5) is 17.1 Å². The quantitative estimate of drug-likeness (QED) is 0.155. The molecule has 278 valence electrons. The fraction of sp³-hybridized carbons (Fsp3) is 0. The van der Waals surface area contributed by atoms with Crippen LogP contribution < -0.4 is 4.90 Å². The van der Waals surface area contributed by atoms with E-state index in [0.717, 1.165) is 77.9 Å². The lowest BCUT2D eigenvalue weighted by atomic mass is 9.98. The van der Waals surface area contributed by atoms with E-state index in [1.807, 2.05) is 48.5 Å². The molecule has 0 saturated heterocycles. The molecule has 4 heteroatoms. The smallest absolute Gasteiger partial charge is 0.227 e. The highest BCUT2D eigenvalue weighted by Gasteiger charge is 2.21. The second kappa shape index (κ2) is 14.5. The monoisotopic (exact) mass is 756 g/mol. The van der Waals surface area contributed by atoms with Crippen molar-refractivity contribution in [2.75, 3.05) is 4.90 Å². The van der Waals surface area contributed by atoms with Gasteiger partial charge in [-0.2, -0.15) is 0 Å². The highest BCUT2D eigenvalue weighted by atomic mass is 16.4. The summed E-state index contributed by atoms with van der Waals surface area (Å²) in [5.41, 5.74) is 16.4. The Hall–Kier alpha value is -7.95. The average molecular weight is 757 g/mol. The molecular weight excluding hydrogens is 721 g/mol. The van der Waals surface area contributed by atoms with Crippen LogP contribution >= 0.6 is 0 Å². The highest BCUT2D eigenvalue weighted by molar-refractivity contribution is 6.21. The lowest BCUT2D eigenvalue weighted by Gasteiger charge is -2.27. The molecule has 0 fully saturated rings. The summed E-state index contributed by atoms with van der Waals surface area (Å²) in [7, 11) is 0. The second-order valence-electron chi connectivity index (χ2n) is 14.7. The third-order valence-corrected chi connectivity index (χ3v) is 11.1. The van der Waals surface area contributed by atoms with Crippen LogP contribution in [-0.2, 0) is 0 Å². The predicted octanol–water partition coefficient (Wildman–Crippen LogP) is 15.5. The first-order valence-corrected chi connectivity index (χ1v) is 19.9. The fourth-order valence-electron chi connectivity index (χ4n) is 8.24. The van der Waals surface area contributed by atoms with Crippen LogP contribution in [0.15, 0.2) is 227 Å². The van der Waals surface area contributed by atoms with E-state index in [1.54, 1.807) is 0 Å². The molecule has 0 N–H and O–H groups in total. The molecule has 0 atom stereocenters. The summed E-state index contributed by atoms with van der Waals surface area (Å²) in [4.78, 5) is 7.22. The zero-order valence-corrected chi connectivity index (χ0v) is 32.0. The molecule has 11 aromatic rings. The molecule has 0 aliphatic heterocycles. The van der Waals surface area contributed by atoms with Crippen LogP contribution in [0, 0.1) is 0 Å². The summed E-state index contributed by atoms with van der Waals surface area (Å²) < 4.78 is 13.0. The molecule has 0 aliphatic rings. The molecular formula is C55H36N2O2. The molecule has 11 rings (SSSR count). The molecule has 9 aromatic carbocycles. The Morgan fingerprint density at radius 2 is 0.814 bits per heavy atom. The SMILES string of the molecule is c1ccc(-c2ccc(-c3ccc(N(c4cccc(-c5ccccc5)c4)c4cccc(-c5cccc6oc7ccc8nc(-c9ccccc9)oc8c7c56)c4)cc3)cc2)cc1. The van der Waals surface area contributed by atoms with Gasteiger partial charge in [-0.25, -0.2) is 4.98 Å². The van der Waals surface area contributed by atoms with Gasteiger partial charge < -0.3 is 13.7 Å². The van der Waals surface area contributed by atoms with Crippen LogP contribution in [-0.4, -0.2) is 4.98 Å². The second-order valence-corrected chi connectivity index (χ2v) is 14.7. The van der Waals surface area contributed by atoms with E-state index in [4.69, 9.17) is 13.8 Å². The molecule has 0 spiro atoms. The number of nitrogens with zero attached hydrogens (tertiary/aromatic N) is 2. The van der Waals surface area contributed by atoms with E-state index < -0.39 is 0 Å². The van der Waals surface area contributed by atoms with Crippen LogP contribution in [0.3, 0.4) is 0 Å². The molecule has 0 aliphatic carbocycles. The number of aromatic nitrogens is 1. The van der Waals surface area contributed by atoms with Crippen molar-refractivity contribution in [3.63, 3.8) is 0 Å². The molecule has 0 saturated carbocycles. The lowest BCUT2D eigenvalue weighted by molar-refractivity contribution is 0.622. The van der Waals surface area contributed by atoms with E-state index in [2.05, 4.69) is 175 Å². The standard InChI is InChI=1S/C55H36N2O2/c1-4-13-37(14-5-1)39-25-27-40(28-26-39)41-29-31-45(32-30-41)57(46-21-10-19-43(35-46)38-15-6-2-7-16-38)47-22-11-20-44(36-47)48-23-12-24-50-52(48)53-51(58-50)34-33-49-54(53)59-55(56-49)42-17-8-3-9-18-42/h1-36H. The van der Waals surface area contributed by atoms with Gasteiger partial charge in [-0.15, -0.1) is 0 Å². The Bertz CT molecular complexity index is 3240. The van der Waals surface area contributed by atoms with Crippen molar-refractivity contribution in [1.82, 2.24) is 4.98 Å². The van der Waals surface area contributed by atoms with E-state index in [-0.39, 0.29) is 0 Å². The Balaban J connectivity index is 1.03. The van der Waals surface area contributed by atoms with Gasteiger partial charge in [0, 0.05) is 28.0 Å². The summed E-state index contributed by atoms with van der Waals surface area (Å²) in [5, 5.41) is 1.93. The largest absolute Gasteiger partial charge is 0.456 e. The first-order chi connectivity index (χ1) is 29.2. The number of hydrogen-bond acceptors (Lipinski definition) is 4. The van der Waals surface area contributed by atoms with Crippen LogP contribution in [0.1, 0.15) is 0 Å². The molecule has 0 bridgehead atoms. The van der Waals surface area contributed by atoms with Crippen molar-refractivity contribution >= 4 is 50.1 Å². The lowest BCUT2D eigenvalue weighted by Crippen LogP contribution is -2.10. The third kappa shape index (κ3) is 6.34. The van der Waals surface area contributed by atoms with Gasteiger partial charge in [0.1, 0.15) is 16.7 Å². The molecule has 0 unspecified atom stereocenters. The van der Waals surface area contributed by atoms with Crippen molar-refractivity contribution in [3.05, 3.63) is 218 Å². The van der Waals surface area contributed by atoms with E-state index >= 15 is 0 Å². The van der Waals surface area contributed by atoms with Crippen LogP contribution in [0.25, 0.3) is 89.0 Å². The average Bonchev–Trinajstić information content (AvgIpc) is 3.93. The van der Waals surface area contributed by atoms with Gasteiger partial charge in [-0.05, 0) is 111 Å². The van der Waals surface area contributed by atoms with E-state index in [9.17, 15) is 0 Å². The maximum Gasteiger partial charge on any atom is 0.227 e. The first kappa shape index (κ1) is 34.3. The summed E-state index contributed by atoms with van der Waals surface area (Å²) in [6.07, 6.45) is 0. The minimum Gasteiger partial charge on any atom is -0.456 e. The predicted molar refractivity (Wildman–Crippen MR) is 243 cm³/mol. The Morgan fingerprint density at radius 1 is 0.322 bits per heavy atom. The normalized spacial score (nSPS) is 11.4. The molecule has 2 aromatic heterocycles. The molecule has 0 radical (unpaired) electrons. The van der Waals surface area contributed by atoms with Gasteiger partial charge in [0.2, 0.25) is 5.89 Å². The van der Waals surface area contributed by atoms with Gasteiger partial charge in [0.25, 0.3) is 0 Å². The maximum absolute atomic E-state index is 6.54. The van der Waals surface area contributed by atoms with Gasteiger partial charge in [0.15, 0.2) is 5.58 Å². The van der Waals surface area contributed by atoms with Crippen molar-refractivity contribution in [2.24, 2.45) is 0 Å². The molecule has 4 nitrogen and oxygen atoms in total. The number of anilines is 3. The van der Waals surface area contributed by atoms with Crippen molar-refractivity contribution < 1.29 is 8.83 Å². The Labute approximate surface area is 341 Å². The summed E-state index contributed by atoms with van der Waals surface area (Å²) in [6, 6.07) is 76.5. The Morgan fingerprint density at radius 3 is 1.46 bits per heavy atom. The van der Waals surface area contributed by atoms with Gasteiger partial charge in [0.05, 0.1) is 5.39 Å². The Kier molecular flexibility index (Phi) is 8.45. The van der Waals surface area contributed by atoms with Crippen molar-refractivity contribution in [1.29, 1.82) is 0 Å². The van der Waals surface area contributed by atoms with Crippen LogP contribution in [0.5, 0.6) is 0 Å². The number of oxazole rings is 1. The summed E-state index contributed by atoms with van der Waals surface area (Å²) >= 11 is 0. The summed E-state index contributed by atoms with van der Waals surface area (Å²) in [6.45, 7) is 0. The van der Waals surface area contributed by atoms with Crippen molar-refractivity contribution in [2.45, 2.75) is 0 Å². The first-order valence-electron chi connectivity index (χ1n) is 19.9. The van der Waals surface area contributed by atoms with E-state index in [0.29, 0.717) is 5.89 Å².